The van der Waals surface area contributed by atoms with E-state index in [1.165, 1.54) is 14.2 Å². The number of carbonyl (C=O) groups excluding carboxylic acids is 2. The summed E-state index contributed by atoms with van der Waals surface area (Å²) in [4.78, 5) is 39.2. The van der Waals surface area contributed by atoms with E-state index in [0.717, 1.165) is 10.6 Å². The number of aliphatic carboxylic acids is 1. The van der Waals surface area contributed by atoms with Crippen LogP contribution in [0, 0.1) is 0 Å². The van der Waals surface area contributed by atoms with Crippen LogP contribution in [0.3, 0.4) is 0 Å². The van der Waals surface area contributed by atoms with E-state index in [9.17, 15) is 14.4 Å². The Kier molecular flexibility index (Phi) is 7.55. The Hall–Kier alpha value is -2.61. The number of hydroxylamine groups is 2. The van der Waals surface area contributed by atoms with Crippen LogP contribution in [-0.4, -0.2) is 48.3 Å². The lowest BCUT2D eigenvalue weighted by molar-refractivity contribution is -0.171. The Morgan fingerprint density at radius 2 is 1.91 bits per heavy atom. The Balaban J connectivity index is 2.58. The van der Waals surface area contributed by atoms with E-state index in [0.29, 0.717) is 0 Å². The van der Waals surface area contributed by atoms with Gasteiger partial charge in [-0.2, -0.15) is 0 Å². The molecule has 1 rings (SSSR count). The molecule has 0 saturated heterocycles. The molecule has 0 spiro atoms. The topological polar surface area (TPSA) is 105 Å². The molecule has 0 heterocycles. The molecule has 0 fully saturated rings. The first-order valence-corrected chi connectivity index (χ1v) is 6.94. The number of nitrogens with one attached hydrogen (secondary N) is 1. The summed E-state index contributed by atoms with van der Waals surface area (Å²) in [7, 11) is 2.66. The number of hydrogen-bond acceptors (Lipinski definition) is 5. The second-order valence-electron chi connectivity index (χ2n) is 4.71. The van der Waals surface area contributed by atoms with Crippen molar-refractivity contribution in [3.63, 3.8) is 0 Å². The maximum atomic E-state index is 12.0. The van der Waals surface area contributed by atoms with Crippen molar-refractivity contribution in [3.8, 4) is 0 Å². The second kappa shape index (κ2) is 9.42. The highest BCUT2D eigenvalue weighted by molar-refractivity contribution is 5.85. The standard InChI is InChI=1S/C15H20N2O6/c1-17(22-2)14(20)12(8-9-13(18)19)16-15(21)23-10-11-6-4-3-5-7-11/h3-7,12H,8-10H2,1-2H3,(H,16,21)(H,18,19). The van der Waals surface area contributed by atoms with E-state index >= 15 is 0 Å². The first-order valence-electron chi connectivity index (χ1n) is 6.94. The van der Waals surface area contributed by atoms with E-state index in [2.05, 4.69) is 5.32 Å². The molecule has 1 atom stereocenters. The molecule has 126 valence electrons. The van der Waals surface area contributed by atoms with Gasteiger partial charge in [-0.1, -0.05) is 30.3 Å². The molecule has 2 N–H and O–H groups in total. The lowest BCUT2D eigenvalue weighted by atomic mass is 10.1. The predicted octanol–water partition coefficient (Wildman–Crippen LogP) is 1.17. The molecular weight excluding hydrogens is 304 g/mol. The van der Waals surface area contributed by atoms with Gasteiger partial charge in [-0.3, -0.25) is 14.4 Å². The van der Waals surface area contributed by atoms with Gasteiger partial charge >= 0.3 is 12.1 Å². The molecule has 0 aliphatic carbocycles. The highest BCUT2D eigenvalue weighted by atomic mass is 16.7. The van der Waals surface area contributed by atoms with Gasteiger partial charge in [-0.25, -0.2) is 9.86 Å². The van der Waals surface area contributed by atoms with Crippen LogP contribution in [0.4, 0.5) is 4.79 Å². The SMILES string of the molecule is CON(C)C(=O)C(CCC(=O)O)NC(=O)OCc1ccccc1. The van der Waals surface area contributed by atoms with Crippen LogP contribution in [0.5, 0.6) is 0 Å². The van der Waals surface area contributed by atoms with Gasteiger partial charge in [-0.05, 0) is 12.0 Å². The van der Waals surface area contributed by atoms with Crippen LogP contribution >= 0.6 is 0 Å². The minimum absolute atomic E-state index is 0.0482. The Labute approximate surface area is 133 Å². The molecule has 0 aromatic heterocycles. The lowest BCUT2D eigenvalue weighted by Crippen LogP contribution is -2.47. The van der Waals surface area contributed by atoms with Crippen LogP contribution in [-0.2, 0) is 25.8 Å². The molecule has 23 heavy (non-hydrogen) atoms. The van der Waals surface area contributed by atoms with Gasteiger partial charge in [0.25, 0.3) is 5.91 Å². The molecule has 0 aliphatic rings. The van der Waals surface area contributed by atoms with Crippen molar-refractivity contribution in [2.24, 2.45) is 0 Å². The van der Waals surface area contributed by atoms with Gasteiger partial charge in [0.2, 0.25) is 0 Å². The number of carboxylic acid groups (broad SMARTS) is 1. The number of nitrogens with zero attached hydrogens (tertiary/aromatic N) is 1. The molecule has 2 amide bonds. The van der Waals surface area contributed by atoms with Crippen molar-refractivity contribution in [1.29, 1.82) is 0 Å². The average molecular weight is 324 g/mol. The first kappa shape index (κ1) is 18.4. The normalized spacial score (nSPS) is 11.4. The van der Waals surface area contributed by atoms with Gasteiger partial charge < -0.3 is 15.2 Å². The van der Waals surface area contributed by atoms with Crippen molar-refractivity contribution < 1.29 is 29.1 Å². The molecule has 1 unspecified atom stereocenters. The van der Waals surface area contributed by atoms with E-state index in [1.54, 1.807) is 12.1 Å². The summed E-state index contributed by atoms with van der Waals surface area (Å²) in [6, 6.07) is 7.99. The zero-order valence-corrected chi connectivity index (χ0v) is 13.0. The third kappa shape index (κ3) is 6.79. The molecule has 1 aromatic carbocycles. The summed E-state index contributed by atoms with van der Waals surface area (Å²) in [6.07, 6.45) is -1.14. The zero-order chi connectivity index (χ0) is 17.2. The Morgan fingerprint density at radius 1 is 1.26 bits per heavy atom. The predicted molar refractivity (Wildman–Crippen MR) is 80.2 cm³/mol. The number of rotatable bonds is 8. The van der Waals surface area contributed by atoms with E-state index in [1.807, 2.05) is 18.2 Å². The number of hydrogen-bond donors (Lipinski definition) is 2. The van der Waals surface area contributed by atoms with Crippen LogP contribution in [0.1, 0.15) is 18.4 Å². The molecule has 0 aliphatic heterocycles. The number of likely N-dealkylation sites (N-methyl/N-ethyl adjacent to an activating group) is 1. The number of amides is 2. The monoisotopic (exact) mass is 324 g/mol. The molecule has 0 radical (unpaired) electrons. The summed E-state index contributed by atoms with van der Waals surface area (Å²) in [5, 5.41) is 12.0. The third-order valence-electron chi connectivity index (χ3n) is 3.03. The first-order chi connectivity index (χ1) is 10.9. The molecule has 0 bridgehead atoms. The van der Waals surface area contributed by atoms with Crippen LogP contribution in [0.25, 0.3) is 0 Å². The van der Waals surface area contributed by atoms with Crippen LogP contribution < -0.4 is 5.32 Å². The number of ether oxygens (including phenoxy) is 1. The van der Waals surface area contributed by atoms with Crippen molar-refractivity contribution in [1.82, 2.24) is 10.4 Å². The average Bonchev–Trinajstić information content (AvgIpc) is 2.56. The van der Waals surface area contributed by atoms with Crippen LogP contribution in [0.2, 0.25) is 0 Å². The van der Waals surface area contributed by atoms with Gasteiger partial charge in [0.05, 0.1) is 7.11 Å². The fraction of sp³-hybridized carbons (Fsp3) is 0.400. The third-order valence-corrected chi connectivity index (χ3v) is 3.03. The lowest BCUT2D eigenvalue weighted by Gasteiger charge is -2.22. The molecule has 8 nitrogen and oxygen atoms in total. The number of carbonyl (C=O) groups is 3. The largest absolute Gasteiger partial charge is 0.481 e. The second-order valence-corrected chi connectivity index (χ2v) is 4.71. The zero-order valence-electron chi connectivity index (χ0n) is 13.0. The van der Waals surface area contributed by atoms with Gasteiger partial charge in [-0.15, -0.1) is 0 Å². The fourth-order valence-corrected chi connectivity index (χ4v) is 1.74. The summed E-state index contributed by atoms with van der Waals surface area (Å²) in [6.45, 7) is 0.0482. The fourth-order valence-electron chi connectivity index (χ4n) is 1.74. The number of alkyl carbamates (subject to hydrolysis) is 1. The summed E-state index contributed by atoms with van der Waals surface area (Å²) >= 11 is 0. The minimum Gasteiger partial charge on any atom is -0.481 e. The van der Waals surface area contributed by atoms with Crippen molar-refractivity contribution in [2.75, 3.05) is 14.2 Å². The van der Waals surface area contributed by atoms with Crippen molar-refractivity contribution in [2.45, 2.75) is 25.5 Å². The van der Waals surface area contributed by atoms with E-state index in [-0.39, 0.29) is 19.4 Å². The smallest absolute Gasteiger partial charge is 0.408 e. The Morgan fingerprint density at radius 3 is 2.48 bits per heavy atom. The van der Waals surface area contributed by atoms with Crippen LogP contribution in [0.15, 0.2) is 30.3 Å². The number of benzene rings is 1. The van der Waals surface area contributed by atoms with Gasteiger partial charge in [0.1, 0.15) is 12.6 Å². The maximum absolute atomic E-state index is 12.0. The minimum atomic E-state index is -1.07. The van der Waals surface area contributed by atoms with E-state index in [4.69, 9.17) is 14.7 Å². The molecule has 8 heteroatoms. The summed E-state index contributed by atoms with van der Waals surface area (Å²) in [5.41, 5.74) is 0.796. The van der Waals surface area contributed by atoms with E-state index < -0.39 is 24.0 Å². The maximum Gasteiger partial charge on any atom is 0.408 e. The molecule has 1 aromatic rings. The van der Waals surface area contributed by atoms with Gasteiger partial charge in [0.15, 0.2) is 0 Å². The highest BCUT2D eigenvalue weighted by Gasteiger charge is 2.25. The molecular formula is C15H20N2O6. The van der Waals surface area contributed by atoms with Gasteiger partial charge in [0, 0.05) is 13.5 Å². The summed E-state index contributed by atoms with van der Waals surface area (Å²) in [5.74, 6) is -1.63. The molecule has 0 saturated carbocycles. The quantitative estimate of drug-likeness (QED) is 0.695. The summed E-state index contributed by atoms with van der Waals surface area (Å²) < 4.78 is 5.02. The van der Waals surface area contributed by atoms with Crippen molar-refractivity contribution in [3.05, 3.63) is 35.9 Å². The van der Waals surface area contributed by atoms with Crippen molar-refractivity contribution >= 4 is 18.0 Å². The highest BCUT2D eigenvalue weighted by Crippen LogP contribution is 2.05. The Bertz CT molecular complexity index is 534. The number of carboxylic acids is 1.